The van der Waals surface area contributed by atoms with Crippen molar-refractivity contribution in [2.24, 2.45) is 5.92 Å². The predicted molar refractivity (Wildman–Crippen MR) is 80.5 cm³/mol. The van der Waals surface area contributed by atoms with Crippen LogP contribution in [0.5, 0.6) is 0 Å². The average Bonchev–Trinajstić information content (AvgIpc) is 2.40. The molecule has 1 aromatic carbocycles. The lowest BCUT2D eigenvalue weighted by Gasteiger charge is -2.23. The van der Waals surface area contributed by atoms with Crippen LogP contribution in [0.25, 0.3) is 0 Å². The minimum atomic E-state index is 0. The topological polar surface area (TPSA) is 41.1 Å². The Kier molecular flexibility index (Phi) is 6.89. The summed E-state index contributed by atoms with van der Waals surface area (Å²) >= 11 is 0. The summed E-state index contributed by atoms with van der Waals surface area (Å²) in [6, 6.07) is 10.2. The molecule has 3 nitrogen and oxygen atoms in total. The summed E-state index contributed by atoms with van der Waals surface area (Å²) in [5.74, 6) is 0.729. The van der Waals surface area contributed by atoms with Gasteiger partial charge in [-0.05, 0) is 44.3 Å². The Balaban J connectivity index is 0.00000180. The van der Waals surface area contributed by atoms with Crippen molar-refractivity contribution in [2.45, 2.75) is 32.2 Å². The predicted octanol–water partition coefficient (Wildman–Crippen LogP) is 2.68. The minimum Gasteiger partial charge on any atom is -0.350 e. The van der Waals surface area contributed by atoms with Crippen LogP contribution in [0.4, 0.5) is 0 Å². The Morgan fingerprint density at radius 3 is 2.58 bits per heavy atom. The summed E-state index contributed by atoms with van der Waals surface area (Å²) in [5, 5.41) is 6.41. The number of rotatable bonds is 4. The van der Waals surface area contributed by atoms with Crippen molar-refractivity contribution in [2.75, 3.05) is 13.1 Å². The maximum atomic E-state index is 12.0. The van der Waals surface area contributed by atoms with Gasteiger partial charge in [0.05, 0.1) is 6.04 Å². The zero-order valence-electron chi connectivity index (χ0n) is 11.4. The van der Waals surface area contributed by atoms with Crippen LogP contribution in [0.3, 0.4) is 0 Å². The van der Waals surface area contributed by atoms with Gasteiger partial charge < -0.3 is 10.6 Å². The fourth-order valence-electron chi connectivity index (χ4n) is 2.47. The van der Waals surface area contributed by atoms with Crippen molar-refractivity contribution in [1.29, 1.82) is 0 Å². The number of carbonyl (C=O) groups excluding carboxylic acids is 1. The normalized spacial score (nSPS) is 17.3. The third-order valence-corrected chi connectivity index (χ3v) is 3.61. The highest BCUT2D eigenvalue weighted by Gasteiger charge is 2.17. The van der Waals surface area contributed by atoms with E-state index in [0.717, 1.165) is 31.5 Å². The van der Waals surface area contributed by atoms with Crippen LogP contribution in [0.2, 0.25) is 0 Å². The Hall–Kier alpha value is -1.06. The average molecular weight is 283 g/mol. The van der Waals surface area contributed by atoms with Crippen LogP contribution in [-0.2, 0) is 4.79 Å². The Labute approximate surface area is 121 Å². The molecule has 0 spiro atoms. The third kappa shape index (κ3) is 5.21. The number of nitrogens with one attached hydrogen (secondary N) is 2. The lowest BCUT2D eigenvalue weighted by molar-refractivity contribution is -0.122. The molecule has 2 rings (SSSR count). The van der Waals surface area contributed by atoms with E-state index >= 15 is 0 Å². The number of hydrogen-bond donors (Lipinski definition) is 2. The molecule has 1 fully saturated rings. The lowest BCUT2D eigenvalue weighted by Crippen LogP contribution is -2.33. The van der Waals surface area contributed by atoms with Gasteiger partial charge in [0.15, 0.2) is 0 Å². The molecule has 0 aromatic heterocycles. The van der Waals surface area contributed by atoms with Crippen LogP contribution in [0.1, 0.15) is 37.8 Å². The summed E-state index contributed by atoms with van der Waals surface area (Å²) in [6.45, 7) is 4.13. The molecule has 106 valence electrons. The molecule has 19 heavy (non-hydrogen) atoms. The van der Waals surface area contributed by atoms with E-state index < -0.39 is 0 Å². The van der Waals surface area contributed by atoms with Gasteiger partial charge in [0.1, 0.15) is 0 Å². The largest absolute Gasteiger partial charge is 0.350 e. The van der Waals surface area contributed by atoms with E-state index in [1.165, 1.54) is 0 Å². The van der Waals surface area contributed by atoms with Crippen LogP contribution in [0, 0.1) is 5.92 Å². The zero-order chi connectivity index (χ0) is 12.8. The van der Waals surface area contributed by atoms with Gasteiger partial charge >= 0.3 is 0 Å². The first kappa shape index (κ1) is 16.0. The number of piperidine rings is 1. The molecule has 1 aromatic rings. The second-order valence-electron chi connectivity index (χ2n) is 5.10. The molecule has 0 unspecified atom stereocenters. The highest BCUT2D eigenvalue weighted by Crippen LogP contribution is 2.17. The Morgan fingerprint density at radius 2 is 1.95 bits per heavy atom. The van der Waals surface area contributed by atoms with Crippen LogP contribution in [-0.4, -0.2) is 19.0 Å². The van der Waals surface area contributed by atoms with E-state index in [4.69, 9.17) is 0 Å². The van der Waals surface area contributed by atoms with Crippen molar-refractivity contribution in [3.05, 3.63) is 35.9 Å². The molecule has 4 heteroatoms. The second-order valence-corrected chi connectivity index (χ2v) is 5.10. The summed E-state index contributed by atoms with van der Waals surface area (Å²) < 4.78 is 0. The third-order valence-electron chi connectivity index (χ3n) is 3.61. The number of carbonyl (C=O) groups is 1. The molecule has 1 heterocycles. The van der Waals surface area contributed by atoms with Crippen molar-refractivity contribution < 1.29 is 4.79 Å². The molecule has 1 saturated heterocycles. The molecular formula is C15H23ClN2O. The van der Waals surface area contributed by atoms with Gasteiger partial charge in [0.2, 0.25) is 5.91 Å². The molecule has 1 aliphatic rings. The number of benzene rings is 1. The summed E-state index contributed by atoms with van der Waals surface area (Å²) in [4.78, 5) is 12.0. The number of amides is 1. The maximum absolute atomic E-state index is 12.0. The fourth-order valence-corrected chi connectivity index (χ4v) is 2.47. The molecule has 1 atom stereocenters. The van der Waals surface area contributed by atoms with Crippen molar-refractivity contribution >= 4 is 18.3 Å². The quantitative estimate of drug-likeness (QED) is 0.891. The highest BCUT2D eigenvalue weighted by atomic mass is 35.5. The van der Waals surface area contributed by atoms with Gasteiger partial charge in [-0.3, -0.25) is 4.79 Å². The molecule has 0 bridgehead atoms. The minimum absolute atomic E-state index is 0. The molecule has 0 aliphatic carbocycles. The SMILES string of the molecule is C[C@@H](NC(=O)CC1CCNCC1)c1ccccc1.Cl. The zero-order valence-corrected chi connectivity index (χ0v) is 12.2. The molecule has 1 amide bonds. The van der Waals surface area contributed by atoms with Crippen molar-refractivity contribution in [3.8, 4) is 0 Å². The van der Waals surface area contributed by atoms with E-state index in [9.17, 15) is 4.79 Å². The molecule has 0 saturated carbocycles. The summed E-state index contributed by atoms with van der Waals surface area (Å²) in [7, 11) is 0. The Bertz CT molecular complexity index is 377. The van der Waals surface area contributed by atoms with E-state index in [1.54, 1.807) is 0 Å². The highest BCUT2D eigenvalue weighted by molar-refractivity contribution is 5.85. The van der Waals surface area contributed by atoms with E-state index in [2.05, 4.69) is 22.8 Å². The first-order chi connectivity index (χ1) is 8.75. The monoisotopic (exact) mass is 282 g/mol. The van der Waals surface area contributed by atoms with Gasteiger partial charge in [-0.1, -0.05) is 30.3 Å². The molecule has 0 radical (unpaired) electrons. The van der Waals surface area contributed by atoms with Gasteiger partial charge in [-0.15, -0.1) is 12.4 Å². The second kappa shape index (κ2) is 8.18. The van der Waals surface area contributed by atoms with Gasteiger partial charge in [-0.2, -0.15) is 0 Å². The number of hydrogen-bond acceptors (Lipinski definition) is 2. The van der Waals surface area contributed by atoms with Crippen LogP contribution >= 0.6 is 12.4 Å². The van der Waals surface area contributed by atoms with Crippen LogP contribution < -0.4 is 10.6 Å². The van der Waals surface area contributed by atoms with E-state index in [-0.39, 0.29) is 24.4 Å². The van der Waals surface area contributed by atoms with E-state index in [1.807, 2.05) is 25.1 Å². The van der Waals surface area contributed by atoms with Gasteiger partial charge in [0, 0.05) is 6.42 Å². The number of halogens is 1. The Morgan fingerprint density at radius 1 is 1.32 bits per heavy atom. The molecule has 1 aliphatic heterocycles. The molecular weight excluding hydrogens is 260 g/mol. The van der Waals surface area contributed by atoms with Crippen molar-refractivity contribution in [1.82, 2.24) is 10.6 Å². The van der Waals surface area contributed by atoms with Crippen LogP contribution in [0.15, 0.2) is 30.3 Å². The van der Waals surface area contributed by atoms with Gasteiger partial charge in [-0.25, -0.2) is 0 Å². The van der Waals surface area contributed by atoms with E-state index in [0.29, 0.717) is 12.3 Å². The summed E-state index contributed by atoms with van der Waals surface area (Å²) in [5.41, 5.74) is 1.16. The fraction of sp³-hybridized carbons (Fsp3) is 0.533. The first-order valence-corrected chi connectivity index (χ1v) is 6.80. The maximum Gasteiger partial charge on any atom is 0.220 e. The smallest absolute Gasteiger partial charge is 0.220 e. The molecule has 2 N–H and O–H groups in total. The van der Waals surface area contributed by atoms with Gasteiger partial charge in [0.25, 0.3) is 0 Å². The first-order valence-electron chi connectivity index (χ1n) is 6.80. The summed E-state index contributed by atoms with van der Waals surface area (Å²) in [6.07, 6.45) is 2.90. The lowest BCUT2D eigenvalue weighted by atomic mass is 9.94. The van der Waals surface area contributed by atoms with Crippen molar-refractivity contribution in [3.63, 3.8) is 0 Å². The standard InChI is InChI=1S/C15H22N2O.ClH/c1-12(14-5-3-2-4-6-14)17-15(18)11-13-7-9-16-10-8-13;/h2-6,12-13,16H,7-11H2,1H3,(H,17,18);1H/t12-;/m1./s1.